The molecule has 0 spiro atoms. The molecular formula is C14H12N2. The molecule has 0 radical (unpaired) electrons. The molecule has 0 unspecified atom stereocenters. The van der Waals surface area contributed by atoms with Crippen LogP contribution in [0.5, 0.6) is 0 Å². The van der Waals surface area contributed by atoms with Gasteiger partial charge < -0.3 is 5.73 Å². The van der Waals surface area contributed by atoms with Crippen LogP contribution in [0.3, 0.4) is 0 Å². The molecule has 0 amide bonds. The highest BCUT2D eigenvalue weighted by Crippen LogP contribution is 2.26. The molecule has 2 rings (SSSR count). The van der Waals surface area contributed by atoms with E-state index >= 15 is 0 Å². The zero-order valence-corrected chi connectivity index (χ0v) is 8.85. The largest absolute Gasteiger partial charge is 0.398 e. The number of nitrogen functional groups attached to an aromatic ring is 1. The first kappa shape index (κ1) is 10.3. The summed E-state index contributed by atoms with van der Waals surface area (Å²) in [4.78, 5) is 0. The molecule has 0 aliphatic carbocycles. The van der Waals surface area contributed by atoms with Crippen molar-refractivity contribution in [3.63, 3.8) is 0 Å². The number of anilines is 1. The Kier molecular flexibility index (Phi) is 2.88. The first-order valence-corrected chi connectivity index (χ1v) is 5.12. The van der Waals surface area contributed by atoms with Crippen LogP contribution in [0.25, 0.3) is 11.1 Å². The second-order valence-corrected chi connectivity index (χ2v) is 3.62. The average molecular weight is 208 g/mol. The first-order valence-electron chi connectivity index (χ1n) is 5.12. The van der Waals surface area contributed by atoms with Crippen molar-refractivity contribution in [1.82, 2.24) is 0 Å². The standard InChI is InChI=1S/C14H12N2/c15-9-8-11-6-7-13(14(16)10-11)12-4-2-1-3-5-12/h1-7,10H,8,16H2. The first-order chi connectivity index (χ1) is 7.81. The van der Waals surface area contributed by atoms with Gasteiger partial charge in [0.2, 0.25) is 0 Å². The summed E-state index contributed by atoms with van der Waals surface area (Å²) in [6, 6.07) is 17.9. The number of rotatable bonds is 2. The molecule has 2 aromatic rings. The van der Waals surface area contributed by atoms with E-state index in [1.54, 1.807) is 0 Å². The maximum absolute atomic E-state index is 8.61. The smallest absolute Gasteiger partial charge is 0.0669 e. The van der Waals surface area contributed by atoms with Gasteiger partial charge in [0.15, 0.2) is 0 Å². The van der Waals surface area contributed by atoms with Gasteiger partial charge in [-0.05, 0) is 17.2 Å². The molecule has 0 atom stereocenters. The highest BCUT2D eigenvalue weighted by molar-refractivity contribution is 5.76. The van der Waals surface area contributed by atoms with E-state index in [9.17, 15) is 0 Å². The molecule has 2 aromatic carbocycles. The van der Waals surface area contributed by atoms with Gasteiger partial charge in [-0.3, -0.25) is 0 Å². The lowest BCUT2D eigenvalue weighted by Crippen LogP contribution is -1.92. The zero-order valence-electron chi connectivity index (χ0n) is 8.85. The highest BCUT2D eigenvalue weighted by Gasteiger charge is 2.02. The van der Waals surface area contributed by atoms with Crippen molar-refractivity contribution in [3.05, 3.63) is 54.1 Å². The number of nitrogens with two attached hydrogens (primary N) is 1. The van der Waals surface area contributed by atoms with Crippen LogP contribution in [0.2, 0.25) is 0 Å². The molecule has 2 heteroatoms. The molecular weight excluding hydrogens is 196 g/mol. The lowest BCUT2D eigenvalue weighted by molar-refractivity contribution is 1.26. The van der Waals surface area contributed by atoms with Crippen LogP contribution in [0.4, 0.5) is 5.69 Å². The Balaban J connectivity index is 2.41. The fourth-order valence-corrected chi connectivity index (χ4v) is 1.69. The third-order valence-corrected chi connectivity index (χ3v) is 2.48. The Morgan fingerprint density at radius 2 is 1.81 bits per heavy atom. The second-order valence-electron chi connectivity index (χ2n) is 3.62. The Hall–Kier alpha value is -2.27. The molecule has 0 heterocycles. The van der Waals surface area contributed by atoms with Gasteiger partial charge in [-0.15, -0.1) is 0 Å². The minimum Gasteiger partial charge on any atom is -0.398 e. The Morgan fingerprint density at radius 1 is 1.06 bits per heavy atom. The summed E-state index contributed by atoms with van der Waals surface area (Å²) >= 11 is 0. The van der Waals surface area contributed by atoms with Crippen molar-refractivity contribution in [2.24, 2.45) is 0 Å². The molecule has 78 valence electrons. The van der Waals surface area contributed by atoms with Crippen molar-refractivity contribution in [2.45, 2.75) is 6.42 Å². The number of nitriles is 1. The van der Waals surface area contributed by atoms with Crippen LogP contribution in [-0.2, 0) is 6.42 Å². The molecule has 0 saturated carbocycles. The minimum absolute atomic E-state index is 0.402. The van der Waals surface area contributed by atoms with Crippen LogP contribution in [0.1, 0.15) is 5.56 Å². The van der Waals surface area contributed by atoms with Gasteiger partial charge in [0, 0.05) is 11.3 Å². The van der Waals surface area contributed by atoms with Gasteiger partial charge in [0.05, 0.1) is 12.5 Å². The van der Waals surface area contributed by atoms with Crippen molar-refractivity contribution < 1.29 is 0 Å². The molecule has 2 N–H and O–H groups in total. The molecule has 2 nitrogen and oxygen atoms in total. The third kappa shape index (κ3) is 2.04. The fraction of sp³-hybridized carbons (Fsp3) is 0.0714. The second kappa shape index (κ2) is 4.50. The summed E-state index contributed by atoms with van der Waals surface area (Å²) < 4.78 is 0. The summed E-state index contributed by atoms with van der Waals surface area (Å²) in [5, 5.41) is 8.61. The summed E-state index contributed by atoms with van der Waals surface area (Å²) in [6.07, 6.45) is 0.402. The van der Waals surface area contributed by atoms with Gasteiger partial charge in [-0.25, -0.2) is 0 Å². The van der Waals surface area contributed by atoms with Crippen LogP contribution in [-0.4, -0.2) is 0 Å². The van der Waals surface area contributed by atoms with E-state index in [1.165, 1.54) is 0 Å². The Bertz CT molecular complexity index is 524. The van der Waals surface area contributed by atoms with Gasteiger partial charge >= 0.3 is 0 Å². The number of hydrogen-bond donors (Lipinski definition) is 1. The maximum atomic E-state index is 8.61. The lowest BCUT2D eigenvalue weighted by atomic mass is 10.0. The SMILES string of the molecule is N#CCc1ccc(-c2ccccc2)c(N)c1. The maximum Gasteiger partial charge on any atom is 0.0669 e. The normalized spacial score (nSPS) is 9.69. The van der Waals surface area contributed by atoms with Gasteiger partial charge in [0.25, 0.3) is 0 Å². The average Bonchev–Trinajstić information content (AvgIpc) is 2.31. The van der Waals surface area contributed by atoms with E-state index in [1.807, 2.05) is 48.5 Å². The predicted octanol–water partition coefficient (Wildman–Crippen LogP) is 3.00. The predicted molar refractivity (Wildman–Crippen MR) is 65.6 cm³/mol. The van der Waals surface area contributed by atoms with Crippen LogP contribution in [0.15, 0.2) is 48.5 Å². The molecule has 0 bridgehead atoms. The van der Waals surface area contributed by atoms with Gasteiger partial charge in [-0.1, -0.05) is 42.5 Å². The van der Waals surface area contributed by atoms with Gasteiger partial charge in [0.1, 0.15) is 0 Å². The van der Waals surface area contributed by atoms with Crippen molar-refractivity contribution >= 4 is 5.69 Å². The van der Waals surface area contributed by atoms with Crippen molar-refractivity contribution in [3.8, 4) is 17.2 Å². The summed E-state index contributed by atoms with van der Waals surface area (Å²) in [6.45, 7) is 0. The summed E-state index contributed by atoms with van der Waals surface area (Å²) in [5.74, 6) is 0. The van der Waals surface area contributed by atoms with Crippen LogP contribution in [0, 0.1) is 11.3 Å². The monoisotopic (exact) mass is 208 g/mol. The quantitative estimate of drug-likeness (QED) is 0.771. The Morgan fingerprint density at radius 3 is 2.44 bits per heavy atom. The van der Waals surface area contributed by atoms with E-state index in [-0.39, 0.29) is 0 Å². The van der Waals surface area contributed by atoms with Crippen LogP contribution >= 0.6 is 0 Å². The number of hydrogen-bond acceptors (Lipinski definition) is 2. The summed E-state index contributed by atoms with van der Waals surface area (Å²) in [7, 11) is 0. The van der Waals surface area contributed by atoms with E-state index in [0.717, 1.165) is 22.4 Å². The minimum atomic E-state index is 0.402. The number of nitrogens with zero attached hydrogens (tertiary/aromatic N) is 1. The molecule has 0 saturated heterocycles. The fourth-order valence-electron chi connectivity index (χ4n) is 1.69. The van der Waals surface area contributed by atoms with Crippen molar-refractivity contribution in [2.75, 3.05) is 5.73 Å². The van der Waals surface area contributed by atoms with E-state index in [2.05, 4.69) is 6.07 Å². The van der Waals surface area contributed by atoms with Crippen LogP contribution < -0.4 is 5.73 Å². The molecule has 16 heavy (non-hydrogen) atoms. The van der Waals surface area contributed by atoms with Crippen molar-refractivity contribution in [1.29, 1.82) is 5.26 Å². The number of benzene rings is 2. The van der Waals surface area contributed by atoms with E-state index < -0.39 is 0 Å². The Labute approximate surface area is 95.0 Å². The topological polar surface area (TPSA) is 49.8 Å². The molecule has 0 aliphatic heterocycles. The molecule has 0 fully saturated rings. The van der Waals surface area contributed by atoms with Gasteiger partial charge in [-0.2, -0.15) is 5.26 Å². The summed E-state index contributed by atoms with van der Waals surface area (Å²) in [5.41, 5.74) is 9.77. The zero-order chi connectivity index (χ0) is 11.4. The molecule has 0 aliphatic rings. The lowest BCUT2D eigenvalue weighted by Gasteiger charge is -2.06. The van der Waals surface area contributed by atoms with E-state index in [4.69, 9.17) is 11.0 Å². The third-order valence-electron chi connectivity index (χ3n) is 2.48. The van der Waals surface area contributed by atoms with E-state index in [0.29, 0.717) is 6.42 Å². The molecule has 0 aromatic heterocycles. The highest BCUT2D eigenvalue weighted by atomic mass is 14.6.